The molecule has 0 aromatic carbocycles. The molecule has 100 valence electrons. The zero-order chi connectivity index (χ0) is 12.5. The summed E-state index contributed by atoms with van der Waals surface area (Å²) in [7, 11) is 0. The highest BCUT2D eigenvalue weighted by Gasteiger charge is 2.47. The van der Waals surface area contributed by atoms with Crippen LogP contribution in [0.3, 0.4) is 0 Å². The topological polar surface area (TPSA) is 38.1 Å². The number of rotatable bonds is 6. The molecule has 0 bridgehead atoms. The molecule has 2 unspecified atom stereocenters. The maximum atomic E-state index is 5.90. The van der Waals surface area contributed by atoms with Crippen molar-refractivity contribution in [2.75, 3.05) is 6.54 Å². The highest BCUT2D eigenvalue weighted by Crippen LogP contribution is 2.57. The summed E-state index contributed by atoms with van der Waals surface area (Å²) in [5.74, 6) is 4.77. The third-order valence-electron chi connectivity index (χ3n) is 4.34. The number of hydrogen-bond acceptors (Lipinski definition) is 3. The molecule has 0 amide bonds. The molecule has 18 heavy (non-hydrogen) atoms. The second-order valence-corrected chi connectivity index (χ2v) is 6.29. The minimum atomic E-state index is 0.565. The molecule has 0 aliphatic heterocycles. The van der Waals surface area contributed by atoms with E-state index in [0.717, 1.165) is 42.9 Å². The fourth-order valence-electron chi connectivity index (χ4n) is 3.21. The first kappa shape index (κ1) is 12.2. The van der Waals surface area contributed by atoms with E-state index in [0.29, 0.717) is 12.0 Å². The number of oxazole rings is 1. The Morgan fingerprint density at radius 2 is 2.11 bits per heavy atom. The van der Waals surface area contributed by atoms with Gasteiger partial charge in [0, 0.05) is 18.4 Å². The van der Waals surface area contributed by atoms with Crippen molar-refractivity contribution in [3.05, 3.63) is 17.8 Å². The molecule has 2 atom stereocenters. The lowest BCUT2D eigenvalue weighted by Gasteiger charge is -2.07. The van der Waals surface area contributed by atoms with Crippen LogP contribution in [0.15, 0.2) is 10.6 Å². The molecule has 1 aromatic heterocycles. The number of hydrogen-bond donors (Lipinski definition) is 1. The molecule has 2 saturated carbocycles. The number of aryl methyl sites for hydroxylation is 1. The molecule has 3 rings (SSSR count). The zero-order valence-electron chi connectivity index (χ0n) is 11.5. The molecule has 0 spiro atoms. The van der Waals surface area contributed by atoms with Crippen molar-refractivity contribution in [1.29, 1.82) is 0 Å². The maximum Gasteiger partial charge on any atom is 0.194 e. The van der Waals surface area contributed by atoms with Gasteiger partial charge >= 0.3 is 0 Å². The Balaban J connectivity index is 1.45. The van der Waals surface area contributed by atoms with Crippen molar-refractivity contribution in [3.8, 4) is 0 Å². The van der Waals surface area contributed by atoms with Crippen molar-refractivity contribution < 1.29 is 4.42 Å². The molecule has 2 aliphatic rings. The largest absolute Gasteiger partial charge is 0.445 e. The number of fused-ring (bicyclic) bond motifs is 1. The SMILES string of the molecule is CC(C)NCCCc1ncc(C2CC3CC3C2)o1. The summed E-state index contributed by atoms with van der Waals surface area (Å²) in [6.07, 6.45) is 8.19. The smallest absolute Gasteiger partial charge is 0.194 e. The zero-order valence-corrected chi connectivity index (χ0v) is 11.5. The monoisotopic (exact) mass is 248 g/mol. The van der Waals surface area contributed by atoms with Gasteiger partial charge in [-0.2, -0.15) is 0 Å². The maximum absolute atomic E-state index is 5.90. The van der Waals surface area contributed by atoms with Crippen molar-refractivity contribution >= 4 is 0 Å². The van der Waals surface area contributed by atoms with Crippen LogP contribution in [0.5, 0.6) is 0 Å². The summed E-state index contributed by atoms with van der Waals surface area (Å²) in [6, 6.07) is 0.565. The third-order valence-corrected chi connectivity index (χ3v) is 4.34. The predicted octanol–water partition coefficient (Wildman–Crippen LogP) is 3.12. The minimum absolute atomic E-state index is 0.565. The average Bonchev–Trinajstić information content (AvgIpc) is 2.80. The lowest BCUT2D eigenvalue weighted by Crippen LogP contribution is -2.23. The summed E-state index contributed by atoms with van der Waals surface area (Å²) in [6.45, 7) is 5.40. The third kappa shape index (κ3) is 2.77. The van der Waals surface area contributed by atoms with E-state index in [2.05, 4.69) is 24.1 Å². The molecule has 0 saturated heterocycles. The van der Waals surface area contributed by atoms with E-state index < -0.39 is 0 Å². The average molecular weight is 248 g/mol. The Morgan fingerprint density at radius 1 is 1.33 bits per heavy atom. The van der Waals surface area contributed by atoms with Crippen molar-refractivity contribution in [2.45, 2.75) is 57.9 Å². The summed E-state index contributed by atoms with van der Waals surface area (Å²) in [5.41, 5.74) is 0. The second kappa shape index (κ2) is 5.04. The lowest BCUT2D eigenvalue weighted by atomic mass is 10.0. The van der Waals surface area contributed by atoms with E-state index in [1.54, 1.807) is 0 Å². The molecule has 1 heterocycles. The van der Waals surface area contributed by atoms with Gasteiger partial charge in [-0.25, -0.2) is 4.98 Å². The van der Waals surface area contributed by atoms with E-state index in [-0.39, 0.29) is 0 Å². The molecule has 0 radical (unpaired) electrons. The highest BCUT2D eigenvalue weighted by molar-refractivity contribution is 5.11. The van der Waals surface area contributed by atoms with Gasteiger partial charge in [0.05, 0.1) is 6.20 Å². The molecule has 2 aliphatic carbocycles. The van der Waals surface area contributed by atoms with E-state index in [4.69, 9.17) is 4.42 Å². The minimum Gasteiger partial charge on any atom is -0.445 e. The van der Waals surface area contributed by atoms with Crippen molar-refractivity contribution in [2.24, 2.45) is 11.8 Å². The van der Waals surface area contributed by atoms with Gasteiger partial charge in [-0.1, -0.05) is 13.8 Å². The van der Waals surface area contributed by atoms with Gasteiger partial charge in [0.25, 0.3) is 0 Å². The second-order valence-electron chi connectivity index (χ2n) is 6.29. The lowest BCUT2D eigenvalue weighted by molar-refractivity contribution is 0.406. The Morgan fingerprint density at radius 3 is 2.83 bits per heavy atom. The summed E-state index contributed by atoms with van der Waals surface area (Å²) in [4.78, 5) is 4.42. The van der Waals surface area contributed by atoms with Crippen molar-refractivity contribution in [1.82, 2.24) is 10.3 Å². The molecular weight excluding hydrogens is 224 g/mol. The normalized spacial score (nSPS) is 29.8. The van der Waals surface area contributed by atoms with Gasteiger partial charge in [0.1, 0.15) is 5.76 Å². The number of nitrogens with zero attached hydrogens (tertiary/aromatic N) is 1. The van der Waals surface area contributed by atoms with E-state index >= 15 is 0 Å². The first-order chi connectivity index (χ1) is 8.72. The van der Waals surface area contributed by atoms with E-state index in [9.17, 15) is 0 Å². The molecule has 1 aromatic rings. The van der Waals surface area contributed by atoms with Crippen LogP contribution < -0.4 is 5.32 Å². The van der Waals surface area contributed by atoms with Crippen molar-refractivity contribution in [3.63, 3.8) is 0 Å². The highest BCUT2D eigenvalue weighted by atomic mass is 16.4. The van der Waals surface area contributed by atoms with Crippen LogP contribution in [0.2, 0.25) is 0 Å². The first-order valence-corrected chi connectivity index (χ1v) is 7.40. The van der Waals surface area contributed by atoms with E-state index in [1.807, 2.05) is 6.20 Å². The van der Waals surface area contributed by atoms with Crippen LogP contribution >= 0.6 is 0 Å². The Kier molecular flexibility index (Phi) is 3.42. The van der Waals surface area contributed by atoms with Crippen LogP contribution in [0.25, 0.3) is 0 Å². The molecular formula is C15H24N2O. The van der Waals surface area contributed by atoms with Crippen LogP contribution in [0.4, 0.5) is 0 Å². The predicted molar refractivity (Wildman–Crippen MR) is 71.5 cm³/mol. The Labute approximate surface area is 109 Å². The van der Waals surface area contributed by atoms with Gasteiger partial charge in [-0.05, 0) is 44.1 Å². The number of aromatic nitrogens is 1. The van der Waals surface area contributed by atoms with Gasteiger partial charge < -0.3 is 9.73 Å². The van der Waals surface area contributed by atoms with E-state index in [1.165, 1.54) is 19.3 Å². The fraction of sp³-hybridized carbons (Fsp3) is 0.800. The Bertz CT molecular complexity index is 389. The van der Waals surface area contributed by atoms with Gasteiger partial charge in [-0.3, -0.25) is 0 Å². The quantitative estimate of drug-likeness (QED) is 0.786. The standard InChI is InChI=1S/C15H24N2O/c1-10(2)16-5-3-4-15-17-9-14(18-15)13-7-11-6-12(11)8-13/h9-13,16H,3-8H2,1-2H3. The summed E-state index contributed by atoms with van der Waals surface area (Å²) in [5, 5.41) is 3.42. The van der Waals surface area contributed by atoms with Crippen LogP contribution in [-0.4, -0.2) is 17.6 Å². The summed E-state index contributed by atoms with van der Waals surface area (Å²) >= 11 is 0. The summed E-state index contributed by atoms with van der Waals surface area (Å²) < 4.78 is 5.90. The molecule has 3 nitrogen and oxygen atoms in total. The van der Waals surface area contributed by atoms with Crippen LogP contribution in [0.1, 0.15) is 57.1 Å². The van der Waals surface area contributed by atoms with Gasteiger partial charge in [-0.15, -0.1) is 0 Å². The van der Waals surface area contributed by atoms with Gasteiger partial charge in [0.2, 0.25) is 0 Å². The first-order valence-electron chi connectivity index (χ1n) is 7.40. The van der Waals surface area contributed by atoms with Crippen LogP contribution in [-0.2, 0) is 6.42 Å². The fourth-order valence-corrected chi connectivity index (χ4v) is 3.21. The molecule has 2 fully saturated rings. The van der Waals surface area contributed by atoms with Gasteiger partial charge in [0.15, 0.2) is 5.89 Å². The molecule has 3 heteroatoms. The Hall–Kier alpha value is -0.830. The number of nitrogens with one attached hydrogen (secondary N) is 1. The molecule has 1 N–H and O–H groups in total. The van der Waals surface area contributed by atoms with Crippen LogP contribution in [0, 0.1) is 11.8 Å².